The van der Waals surface area contributed by atoms with Crippen LogP contribution in [0.15, 0.2) is 0 Å². The van der Waals surface area contributed by atoms with Crippen LogP contribution in [0, 0.1) is 0 Å². The number of carbonyl (C=O) groups is 1. The summed E-state index contributed by atoms with van der Waals surface area (Å²) in [5.74, 6) is 0.0637. The van der Waals surface area contributed by atoms with Crippen molar-refractivity contribution < 1.29 is 18.5 Å². The van der Waals surface area contributed by atoms with Crippen LogP contribution in [0.5, 0.6) is 0 Å². The first-order valence-corrected chi connectivity index (χ1v) is 6.68. The predicted molar refractivity (Wildman–Crippen MR) is 58.1 cm³/mol. The lowest BCUT2D eigenvalue weighted by Crippen LogP contribution is -2.30. The highest BCUT2D eigenvalue weighted by atomic mass is 32.2. The van der Waals surface area contributed by atoms with Crippen LogP contribution in [0.3, 0.4) is 0 Å². The van der Waals surface area contributed by atoms with Gasteiger partial charge in [-0.3, -0.25) is 9.00 Å². The molecule has 0 radical (unpaired) electrons. The van der Waals surface area contributed by atoms with Gasteiger partial charge in [-0.15, -0.1) is 0 Å². The molecule has 5 heteroatoms. The zero-order chi connectivity index (χ0) is 11.3. The Bertz CT molecular complexity index is 236. The van der Waals surface area contributed by atoms with E-state index in [9.17, 15) is 9.00 Å². The van der Waals surface area contributed by atoms with Crippen LogP contribution >= 0.6 is 0 Å². The summed E-state index contributed by atoms with van der Waals surface area (Å²) in [6.07, 6.45) is 2.03. The Morgan fingerprint density at radius 1 is 1.67 bits per heavy atom. The largest absolute Gasteiger partial charge is 0.465 e. The van der Waals surface area contributed by atoms with Gasteiger partial charge in [0.2, 0.25) is 0 Å². The fourth-order valence-electron chi connectivity index (χ4n) is 1.47. The lowest BCUT2D eigenvalue weighted by atomic mass is 10.3. The van der Waals surface area contributed by atoms with Crippen molar-refractivity contribution in [2.45, 2.75) is 38.0 Å². The number of esters is 1. The second-order valence-corrected chi connectivity index (χ2v) is 5.38. The van der Waals surface area contributed by atoms with E-state index in [1.807, 2.05) is 0 Å². The SMILES string of the molecule is CCOC(=O)C(C)S(=O)CC1CCCO1. The molecule has 3 unspecified atom stereocenters. The van der Waals surface area contributed by atoms with Gasteiger partial charge in [-0.2, -0.15) is 0 Å². The molecule has 1 aliphatic heterocycles. The second-order valence-electron chi connectivity index (χ2n) is 3.58. The second kappa shape index (κ2) is 6.23. The first kappa shape index (κ1) is 12.6. The molecular weight excluding hydrogens is 216 g/mol. The molecule has 3 atom stereocenters. The molecule has 1 rings (SSSR count). The normalized spacial score (nSPS) is 24.8. The van der Waals surface area contributed by atoms with Gasteiger partial charge in [0.15, 0.2) is 0 Å². The first-order chi connectivity index (χ1) is 7.15. The molecule has 0 aromatic carbocycles. The van der Waals surface area contributed by atoms with Gasteiger partial charge in [-0.05, 0) is 26.7 Å². The van der Waals surface area contributed by atoms with Gasteiger partial charge in [0.05, 0.1) is 18.5 Å². The Labute approximate surface area is 92.8 Å². The molecule has 1 aliphatic rings. The summed E-state index contributed by atoms with van der Waals surface area (Å²) in [5.41, 5.74) is 0. The van der Waals surface area contributed by atoms with Crippen LogP contribution in [0.2, 0.25) is 0 Å². The average molecular weight is 234 g/mol. The van der Waals surface area contributed by atoms with Crippen molar-refractivity contribution in [3.63, 3.8) is 0 Å². The van der Waals surface area contributed by atoms with E-state index in [0.29, 0.717) is 12.4 Å². The average Bonchev–Trinajstić information content (AvgIpc) is 2.69. The van der Waals surface area contributed by atoms with Crippen LogP contribution in [-0.4, -0.2) is 40.5 Å². The fraction of sp³-hybridized carbons (Fsp3) is 0.900. The van der Waals surface area contributed by atoms with Gasteiger partial charge in [0.25, 0.3) is 0 Å². The third kappa shape index (κ3) is 3.91. The monoisotopic (exact) mass is 234 g/mol. The molecule has 1 heterocycles. The van der Waals surface area contributed by atoms with E-state index in [1.165, 1.54) is 0 Å². The van der Waals surface area contributed by atoms with Crippen molar-refractivity contribution in [3.8, 4) is 0 Å². The van der Waals surface area contributed by atoms with Crippen molar-refractivity contribution in [1.29, 1.82) is 0 Å². The van der Waals surface area contributed by atoms with Crippen LogP contribution < -0.4 is 0 Å². The Balaban J connectivity index is 2.34. The zero-order valence-corrected chi connectivity index (χ0v) is 10.0. The Kier molecular flexibility index (Phi) is 5.25. The summed E-state index contributed by atoms with van der Waals surface area (Å²) in [6, 6.07) is 0. The standard InChI is InChI=1S/C10H18O4S/c1-3-13-10(11)8(2)15(12)7-9-5-4-6-14-9/h8-9H,3-7H2,1-2H3. The summed E-state index contributed by atoms with van der Waals surface area (Å²) >= 11 is 0. The highest BCUT2D eigenvalue weighted by molar-refractivity contribution is 7.86. The highest BCUT2D eigenvalue weighted by Crippen LogP contribution is 2.14. The summed E-state index contributed by atoms with van der Waals surface area (Å²) in [4.78, 5) is 11.3. The number of hydrogen-bond donors (Lipinski definition) is 0. The number of rotatable bonds is 5. The lowest BCUT2D eigenvalue weighted by Gasteiger charge is -2.13. The summed E-state index contributed by atoms with van der Waals surface area (Å²) in [7, 11) is -1.19. The van der Waals surface area contributed by atoms with Gasteiger partial charge < -0.3 is 9.47 Å². The quantitative estimate of drug-likeness (QED) is 0.662. The maximum absolute atomic E-state index is 11.7. The van der Waals surface area contributed by atoms with E-state index < -0.39 is 16.0 Å². The lowest BCUT2D eigenvalue weighted by molar-refractivity contribution is -0.142. The highest BCUT2D eigenvalue weighted by Gasteiger charge is 2.26. The molecule has 15 heavy (non-hydrogen) atoms. The van der Waals surface area contributed by atoms with E-state index >= 15 is 0 Å². The van der Waals surface area contributed by atoms with Gasteiger partial charge in [0, 0.05) is 17.4 Å². The summed E-state index contributed by atoms with van der Waals surface area (Å²) in [6.45, 7) is 4.46. The van der Waals surface area contributed by atoms with Crippen molar-refractivity contribution in [2.24, 2.45) is 0 Å². The van der Waals surface area contributed by atoms with E-state index in [-0.39, 0.29) is 12.1 Å². The van der Waals surface area contributed by atoms with E-state index in [2.05, 4.69) is 0 Å². The number of hydrogen-bond acceptors (Lipinski definition) is 4. The number of ether oxygens (including phenoxy) is 2. The molecule has 0 bridgehead atoms. The molecule has 0 N–H and O–H groups in total. The molecule has 0 aliphatic carbocycles. The maximum Gasteiger partial charge on any atom is 0.321 e. The molecule has 0 saturated carbocycles. The third-order valence-electron chi connectivity index (χ3n) is 2.39. The van der Waals surface area contributed by atoms with Crippen LogP contribution in [0.1, 0.15) is 26.7 Å². The van der Waals surface area contributed by atoms with E-state index in [0.717, 1.165) is 19.4 Å². The molecule has 1 fully saturated rings. The van der Waals surface area contributed by atoms with Crippen molar-refractivity contribution >= 4 is 16.8 Å². The molecule has 0 aromatic heterocycles. The van der Waals surface area contributed by atoms with Gasteiger partial charge in [0.1, 0.15) is 5.25 Å². The third-order valence-corrected chi connectivity index (χ3v) is 4.07. The smallest absolute Gasteiger partial charge is 0.321 e. The van der Waals surface area contributed by atoms with Crippen LogP contribution in [0.25, 0.3) is 0 Å². The molecule has 0 aromatic rings. The van der Waals surface area contributed by atoms with Crippen molar-refractivity contribution in [2.75, 3.05) is 19.0 Å². The van der Waals surface area contributed by atoms with Crippen molar-refractivity contribution in [3.05, 3.63) is 0 Å². The minimum Gasteiger partial charge on any atom is -0.465 e. The van der Waals surface area contributed by atoms with E-state index in [4.69, 9.17) is 9.47 Å². The van der Waals surface area contributed by atoms with E-state index in [1.54, 1.807) is 13.8 Å². The van der Waals surface area contributed by atoms with Crippen LogP contribution in [0.4, 0.5) is 0 Å². The summed E-state index contributed by atoms with van der Waals surface area (Å²) in [5, 5.41) is -0.547. The van der Waals surface area contributed by atoms with Crippen molar-refractivity contribution in [1.82, 2.24) is 0 Å². The fourth-order valence-corrected chi connectivity index (χ4v) is 2.67. The number of carbonyl (C=O) groups excluding carboxylic acids is 1. The van der Waals surface area contributed by atoms with Gasteiger partial charge in [-0.25, -0.2) is 0 Å². The first-order valence-electron chi connectivity index (χ1n) is 5.30. The minimum absolute atomic E-state index is 0.0581. The molecule has 0 amide bonds. The summed E-state index contributed by atoms with van der Waals surface area (Å²) < 4.78 is 21.9. The predicted octanol–water partition coefficient (Wildman–Crippen LogP) is 0.866. The molecule has 1 saturated heterocycles. The Morgan fingerprint density at radius 3 is 2.93 bits per heavy atom. The molecule has 4 nitrogen and oxygen atoms in total. The Morgan fingerprint density at radius 2 is 2.40 bits per heavy atom. The van der Waals surface area contributed by atoms with Gasteiger partial charge in [-0.1, -0.05) is 0 Å². The topological polar surface area (TPSA) is 52.6 Å². The Hall–Kier alpha value is -0.420. The van der Waals surface area contributed by atoms with Gasteiger partial charge >= 0.3 is 5.97 Å². The molecule has 0 spiro atoms. The maximum atomic E-state index is 11.7. The minimum atomic E-state index is -1.19. The van der Waals surface area contributed by atoms with Crippen LogP contribution in [-0.2, 0) is 25.1 Å². The zero-order valence-electron chi connectivity index (χ0n) is 9.23. The molecular formula is C10H18O4S. The molecule has 88 valence electrons.